The number of rotatable bonds is 9. The van der Waals surface area contributed by atoms with Crippen LogP contribution in [0.15, 0.2) is 63.2 Å². The maximum atomic E-state index is 14.2. The van der Waals surface area contributed by atoms with E-state index < -0.39 is 27.5 Å². The first-order chi connectivity index (χ1) is 16.3. The van der Waals surface area contributed by atoms with E-state index in [0.717, 1.165) is 17.8 Å². The third-order valence-electron chi connectivity index (χ3n) is 5.39. The largest absolute Gasteiger partial charge is 0.467 e. The number of aromatic nitrogens is 2. The van der Waals surface area contributed by atoms with Gasteiger partial charge in [-0.05, 0) is 36.4 Å². The molecular formula is C23H22F3N3O3S2. The number of hydrogen-bond donors (Lipinski definition) is 0. The maximum absolute atomic E-state index is 14.2. The van der Waals surface area contributed by atoms with Crippen molar-refractivity contribution in [3.63, 3.8) is 0 Å². The minimum atomic E-state index is -3.68. The third-order valence-corrected chi connectivity index (χ3v) is 8.46. The number of furan rings is 1. The van der Waals surface area contributed by atoms with Gasteiger partial charge in [-0.3, -0.25) is 0 Å². The molecule has 0 spiro atoms. The van der Waals surface area contributed by atoms with E-state index in [4.69, 9.17) is 4.42 Å². The van der Waals surface area contributed by atoms with Gasteiger partial charge in [0.05, 0.1) is 28.7 Å². The van der Waals surface area contributed by atoms with Gasteiger partial charge in [-0.25, -0.2) is 26.6 Å². The molecule has 0 unspecified atom stereocenters. The second-order valence-electron chi connectivity index (χ2n) is 7.42. The van der Waals surface area contributed by atoms with Crippen molar-refractivity contribution in [2.75, 3.05) is 13.1 Å². The lowest BCUT2D eigenvalue weighted by atomic mass is 10.2. The van der Waals surface area contributed by atoms with Crippen LogP contribution in [-0.4, -0.2) is 35.4 Å². The highest BCUT2D eigenvalue weighted by Crippen LogP contribution is 2.31. The minimum absolute atomic E-state index is 0.00485. The van der Waals surface area contributed by atoms with Crippen LogP contribution in [0.5, 0.6) is 0 Å². The summed E-state index contributed by atoms with van der Waals surface area (Å²) in [6.45, 7) is 4.51. The number of hydrogen-bond acceptors (Lipinski definition) is 5. The Morgan fingerprint density at radius 1 is 1.06 bits per heavy atom. The van der Waals surface area contributed by atoms with E-state index in [0.29, 0.717) is 41.6 Å². The Hall–Kier alpha value is -2.76. The second-order valence-corrected chi connectivity index (χ2v) is 10.3. The molecule has 180 valence electrons. The van der Waals surface area contributed by atoms with E-state index in [1.807, 2.05) is 4.57 Å². The molecule has 4 rings (SSSR count). The van der Waals surface area contributed by atoms with Crippen molar-refractivity contribution in [1.82, 2.24) is 13.9 Å². The van der Waals surface area contributed by atoms with Crippen molar-refractivity contribution in [1.29, 1.82) is 0 Å². The molecule has 6 nitrogen and oxygen atoms in total. The van der Waals surface area contributed by atoms with Crippen LogP contribution in [0.1, 0.15) is 25.2 Å². The lowest BCUT2D eigenvalue weighted by molar-refractivity contribution is 0.443. The van der Waals surface area contributed by atoms with E-state index in [1.54, 1.807) is 32.0 Å². The minimum Gasteiger partial charge on any atom is -0.467 e. The quantitative estimate of drug-likeness (QED) is 0.223. The number of thioether (sulfide) groups is 1. The lowest BCUT2D eigenvalue weighted by Gasteiger charge is -2.18. The number of imidazole rings is 1. The molecule has 0 aliphatic rings. The summed E-state index contributed by atoms with van der Waals surface area (Å²) in [7, 11) is -3.68. The Labute approximate surface area is 199 Å². The smallest absolute Gasteiger partial charge is 0.243 e. The summed E-state index contributed by atoms with van der Waals surface area (Å²) >= 11 is 1.13. The standard InChI is InChI=1S/C23H22F3N3O3S2/c1-3-28(4-2)34(30,31)17-8-10-20-19(12-17)27-23(29(20)13-16-6-5-11-32-16)33-14-15-7-9-18(24)22(26)21(15)25/h5-12H,3-4,13-14H2,1-2H3. The predicted molar refractivity (Wildman–Crippen MR) is 124 cm³/mol. The molecule has 0 radical (unpaired) electrons. The average Bonchev–Trinajstić information content (AvgIpc) is 3.45. The van der Waals surface area contributed by atoms with Crippen LogP contribution < -0.4 is 0 Å². The first-order valence-corrected chi connectivity index (χ1v) is 13.0. The van der Waals surface area contributed by atoms with Crippen molar-refractivity contribution in [2.24, 2.45) is 0 Å². The number of sulfonamides is 1. The summed E-state index contributed by atoms with van der Waals surface area (Å²) in [5, 5.41) is 0.452. The van der Waals surface area contributed by atoms with Crippen LogP contribution in [0, 0.1) is 17.5 Å². The Morgan fingerprint density at radius 3 is 2.50 bits per heavy atom. The van der Waals surface area contributed by atoms with E-state index in [9.17, 15) is 21.6 Å². The van der Waals surface area contributed by atoms with Gasteiger partial charge in [0.15, 0.2) is 22.6 Å². The summed E-state index contributed by atoms with van der Waals surface area (Å²) in [5.41, 5.74) is 1.08. The van der Waals surface area contributed by atoms with Gasteiger partial charge in [-0.2, -0.15) is 4.31 Å². The van der Waals surface area contributed by atoms with Gasteiger partial charge in [0.25, 0.3) is 0 Å². The van der Waals surface area contributed by atoms with Crippen LogP contribution in [-0.2, 0) is 22.3 Å². The van der Waals surface area contributed by atoms with Crippen molar-refractivity contribution in [3.05, 3.63) is 77.5 Å². The maximum Gasteiger partial charge on any atom is 0.243 e. The first kappa shape index (κ1) is 24.4. The second kappa shape index (κ2) is 9.85. The fourth-order valence-corrected chi connectivity index (χ4v) is 6.07. The van der Waals surface area contributed by atoms with E-state index in [-0.39, 0.29) is 16.2 Å². The van der Waals surface area contributed by atoms with Crippen LogP contribution in [0.25, 0.3) is 11.0 Å². The highest BCUT2D eigenvalue weighted by atomic mass is 32.2. The predicted octanol–water partition coefficient (Wildman–Crippen LogP) is 5.42. The molecular weight excluding hydrogens is 487 g/mol. The Bertz CT molecular complexity index is 1420. The van der Waals surface area contributed by atoms with E-state index in [1.165, 1.54) is 28.8 Å². The van der Waals surface area contributed by atoms with Crippen molar-refractivity contribution >= 4 is 32.8 Å². The van der Waals surface area contributed by atoms with Crippen molar-refractivity contribution in [3.8, 4) is 0 Å². The third kappa shape index (κ3) is 4.59. The Balaban J connectivity index is 1.74. The zero-order valence-corrected chi connectivity index (χ0v) is 20.1. The molecule has 34 heavy (non-hydrogen) atoms. The Morgan fingerprint density at radius 2 is 1.82 bits per heavy atom. The topological polar surface area (TPSA) is 68.3 Å². The molecule has 2 heterocycles. The monoisotopic (exact) mass is 509 g/mol. The molecule has 4 aromatic rings. The van der Waals surface area contributed by atoms with Crippen LogP contribution in [0.2, 0.25) is 0 Å². The van der Waals surface area contributed by atoms with Crippen molar-refractivity contribution < 1.29 is 26.0 Å². The van der Waals surface area contributed by atoms with Crippen molar-refractivity contribution in [2.45, 2.75) is 36.2 Å². The highest BCUT2D eigenvalue weighted by molar-refractivity contribution is 7.98. The van der Waals surface area contributed by atoms with E-state index in [2.05, 4.69) is 4.98 Å². The van der Waals surface area contributed by atoms with Gasteiger partial charge in [-0.15, -0.1) is 0 Å². The summed E-state index contributed by atoms with van der Waals surface area (Å²) in [6, 6.07) is 10.3. The molecule has 0 fully saturated rings. The molecule has 11 heteroatoms. The summed E-state index contributed by atoms with van der Waals surface area (Å²) in [6.07, 6.45) is 1.53. The number of nitrogens with zero attached hydrogens (tertiary/aromatic N) is 3. The first-order valence-electron chi connectivity index (χ1n) is 10.5. The van der Waals surface area contributed by atoms with Crippen LogP contribution in [0.4, 0.5) is 13.2 Å². The fourth-order valence-electron chi connectivity index (χ4n) is 3.60. The molecule has 0 saturated carbocycles. The van der Waals surface area contributed by atoms with Gasteiger partial charge in [-0.1, -0.05) is 31.7 Å². The number of halogens is 3. The SMILES string of the molecule is CCN(CC)S(=O)(=O)c1ccc2c(c1)nc(SCc1ccc(F)c(F)c1F)n2Cc1ccco1. The molecule has 2 aromatic heterocycles. The van der Waals surface area contributed by atoms with Crippen LogP contribution in [0.3, 0.4) is 0 Å². The van der Waals surface area contributed by atoms with Gasteiger partial charge < -0.3 is 8.98 Å². The fraction of sp³-hybridized carbons (Fsp3) is 0.261. The molecule has 0 aliphatic heterocycles. The zero-order valence-electron chi connectivity index (χ0n) is 18.5. The van der Waals surface area contributed by atoms with Gasteiger partial charge in [0.2, 0.25) is 10.0 Å². The molecule has 0 aliphatic carbocycles. The molecule has 0 saturated heterocycles. The van der Waals surface area contributed by atoms with Gasteiger partial charge in [0, 0.05) is 24.4 Å². The lowest BCUT2D eigenvalue weighted by Crippen LogP contribution is -2.30. The Kier molecular flexibility index (Phi) is 7.06. The average molecular weight is 510 g/mol. The summed E-state index contributed by atoms with van der Waals surface area (Å²) < 4.78 is 75.6. The molecule has 0 amide bonds. The normalized spacial score (nSPS) is 12.2. The molecule has 0 atom stereocenters. The summed E-state index contributed by atoms with van der Waals surface area (Å²) in [4.78, 5) is 4.69. The highest BCUT2D eigenvalue weighted by Gasteiger charge is 2.24. The summed E-state index contributed by atoms with van der Waals surface area (Å²) in [5.74, 6) is -3.38. The van der Waals surface area contributed by atoms with Gasteiger partial charge >= 0.3 is 0 Å². The molecule has 0 bridgehead atoms. The van der Waals surface area contributed by atoms with Gasteiger partial charge in [0.1, 0.15) is 5.76 Å². The molecule has 0 N–H and O–H groups in total. The zero-order chi connectivity index (χ0) is 24.5. The van der Waals surface area contributed by atoms with E-state index >= 15 is 0 Å². The number of fused-ring (bicyclic) bond motifs is 1. The van der Waals surface area contributed by atoms with Crippen LogP contribution >= 0.6 is 11.8 Å². The molecule has 2 aromatic carbocycles. The number of benzene rings is 2.